The molecular formula is C11H22N2OS. The largest absolute Gasteiger partial charge is 0.376 e. The van der Waals surface area contributed by atoms with Crippen LogP contribution in [0.15, 0.2) is 0 Å². The molecule has 88 valence electrons. The Labute approximate surface area is 96.9 Å². The van der Waals surface area contributed by atoms with Crippen molar-refractivity contribution < 1.29 is 4.74 Å². The van der Waals surface area contributed by atoms with Gasteiger partial charge >= 0.3 is 0 Å². The molecule has 0 bridgehead atoms. The van der Waals surface area contributed by atoms with Crippen LogP contribution in [0.2, 0.25) is 0 Å². The van der Waals surface area contributed by atoms with Crippen molar-refractivity contribution in [3.63, 3.8) is 0 Å². The number of hydrogen-bond donors (Lipinski definition) is 1. The molecule has 0 amide bonds. The zero-order valence-corrected chi connectivity index (χ0v) is 10.4. The maximum atomic E-state index is 5.68. The number of nitrogens with zero attached hydrogens (tertiary/aromatic N) is 1. The van der Waals surface area contributed by atoms with Gasteiger partial charge < -0.3 is 10.1 Å². The summed E-state index contributed by atoms with van der Waals surface area (Å²) in [6.07, 6.45) is 1.61. The lowest BCUT2D eigenvalue weighted by Gasteiger charge is -2.36. The fourth-order valence-electron chi connectivity index (χ4n) is 2.24. The Morgan fingerprint density at radius 1 is 1.53 bits per heavy atom. The van der Waals surface area contributed by atoms with Gasteiger partial charge in [-0.2, -0.15) is 11.8 Å². The van der Waals surface area contributed by atoms with E-state index in [1.165, 1.54) is 24.6 Å². The van der Waals surface area contributed by atoms with Crippen LogP contribution >= 0.6 is 11.8 Å². The van der Waals surface area contributed by atoms with Gasteiger partial charge in [-0.05, 0) is 6.42 Å². The van der Waals surface area contributed by atoms with Gasteiger partial charge in [0, 0.05) is 43.7 Å². The highest BCUT2D eigenvalue weighted by Gasteiger charge is 2.22. The van der Waals surface area contributed by atoms with Crippen molar-refractivity contribution in [2.24, 2.45) is 0 Å². The minimum Gasteiger partial charge on any atom is -0.376 e. The SMILES string of the molecule is CCC1CN(CC2CSCCN2)CCO1. The Balaban J connectivity index is 1.72. The average molecular weight is 230 g/mol. The summed E-state index contributed by atoms with van der Waals surface area (Å²) in [5, 5.41) is 3.60. The molecule has 15 heavy (non-hydrogen) atoms. The van der Waals surface area contributed by atoms with Gasteiger partial charge in [0.15, 0.2) is 0 Å². The topological polar surface area (TPSA) is 24.5 Å². The van der Waals surface area contributed by atoms with Gasteiger partial charge in [-0.1, -0.05) is 6.92 Å². The molecule has 2 rings (SSSR count). The van der Waals surface area contributed by atoms with E-state index < -0.39 is 0 Å². The second-order valence-corrected chi connectivity index (χ2v) is 5.54. The van der Waals surface area contributed by atoms with Crippen molar-refractivity contribution in [3.8, 4) is 0 Å². The first-order valence-electron chi connectivity index (χ1n) is 6.03. The third kappa shape index (κ3) is 3.63. The number of nitrogens with one attached hydrogen (secondary N) is 1. The Kier molecular flexibility index (Phi) is 4.75. The molecule has 2 aliphatic rings. The predicted molar refractivity (Wildman–Crippen MR) is 65.6 cm³/mol. The molecule has 0 aromatic carbocycles. The van der Waals surface area contributed by atoms with E-state index in [0.29, 0.717) is 12.1 Å². The van der Waals surface area contributed by atoms with Gasteiger partial charge in [-0.15, -0.1) is 0 Å². The Bertz CT molecular complexity index is 185. The second kappa shape index (κ2) is 6.09. The monoisotopic (exact) mass is 230 g/mol. The molecule has 0 saturated carbocycles. The van der Waals surface area contributed by atoms with Crippen molar-refractivity contribution in [2.75, 3.05) is 44.3 Å². The first-order valence-corrected chi connectivity index (χ1v) is 7.19. The molecule has 2 heterocycles. The molecule has 2 unspecified atom stereocenters. The summed E-state index contributed by atoms with van der Waals surface area (Å²) in [4.78, 5) is 2.56. The standard InChI is InChI=1S/C11H22N2OS/c1-2-11-8-13(4-5-14-11)7-10-9-15-6-3-12-10/h10-12H,2-9H2,1H3. The lowest BCUT2D eigenvalue weighted by molar-refractivity contribution is -0.0315. The van der Waals surface area contributed by atoms with Crippen LogP contribution in [0.5, 0.6) is 0 Å². The Hall–Kier alpha value is 0.230. The van der Waals surface area contributed by atoms with E-state index in [2.05, 4.69) is 28.9 Å². The predicted octanol–water partition coefficient (Wildman–Crippen LogP) is 0.802. The quantitative estimate of drug-likeness (QED) is 0.775. The van der Waals surface area contributed by atoms with Crippen LogP contribution in [0.4, 0.5) is 0 Å². The highest BCUT2D eigenvalue weighted by molar-refractivity contribution is 7.99. The van der Waals surface area contributed by atoms with E-state index in [1.54, 1.807) is 0 Å². The fourth-order valence-corrected chi connectivity index (χ4v) is 3.18. The first kappa shape index (κ1) is 11.7. The van der Waals surface area contributed by atoms with Crippen molar-refractivity contribution in [1.82, 2.24) is 10.2 Å². The second-order valence-electron chi connectivity index (χ2n) is 4.39. The first-order chi connectivity index (χ1) is 7.38. The van der Waals surface area contributed by atoms with E-state index in [-0.39, 0.29) is 0 Å². The molecule has 2 saturated heterocycles. The Morgan fingerprint density at radius 3 is 3.20 bits per heavy atom. The lowest BCUT2D eigenvalue weighted by Crippen LogP contribution is -2.50. The van der Waals surface area contributed by atoms with Gasteiger partial charge in [-0.3, -0.25) is 4.90 Å². The van der Waals surface area contributed by atoms with E-state index in [4.69, 9.17) is 4.74 Å². The number of rotatable bonds is 3. The van der Waals surface area contributed by atoms with E-state index in [0.717, 1.165) is 26.1 Å². The van der Waals surface area contributed by atoms with E-state index in [1.807, 2.05) is 0 Å². The fraction of sp³-hybridized carbons (Fsp3) is 1.00. The Morgan fingerprint density at radius 2 is 2.47 bits per heavy atom. The minimum absolute atomic E-state index is 0.468. The van der Waals surface area contributed by atoms with Crippen LogP contribution in [-0.2, 0) is 4.74 Å². The summed E-state index contributed by atoms with van der Waals surface area (Å²) in [7, 11) is 0. The van der Waals surface area contributed by atoms with Crippen LogP contribution < -0.4 is 5.32 Å². The molecule has 2 aliphatic heterocycles. The molecule has 4 heteroatoms. The summed E-state index contributed by atoms with van der Waals surface area (Å²) >= 11 is 2.08. The smallest absolute Gasteiger partial charge is 0.0700 e. The van der Waals surface area contributed by atoms with E-state index >= 15 is 0 Å². The maximum absolute atomic E-state index is 5.68. The van der Waals surface area contributed by atoms with E-state index in [9.17, 15) is 0 Å². The molecule has 0 aromatic rings. The molecule has 0 radical (unpaired) electrons. The van der Waals surface area contributed by atoms with Gasteiger partial charge in [0.2, 0.25) is 0 Å². The number of morpholine rings is 1. The molecule has 2 fully saturated rings. The molecule has 0 aliphatic carbocycles. The molecule has 1 N–H and O–H groups in total. The van der Waals surface area contributed by atoms with Gasteiger partial charge in [0.25, 0.3) is 0 Å². The number of thioether (sulfide) groups is 1. The molecule has 3 nitrogen and oxygen atoms in total. The summed E-state index contributed by atoms with van der Waals surface area (Å²) in [6, 6.07) is 0.694. The average Bonchev–Trinajstić information content (AvgIpc) is 2.31. The molecular weight excluding hydrogens is 208 g/mol. The molecule has 2 atom stereocenters. The van der Waals surface area contributed by atoms with Crippen molar-refractivity contribution in [3.05, 3.63) is 0 Å². The van der Waals surface area contributed by atoms with Crippen LogP contribution in [0, 0.1) is 0 Å². The van der Waals surface area contributed by atoms with Crippen LogP contribution in [0.1, 0.15) is 13.3 Å². The molecule has 0 spiro atoms. The highest BCUT2D eigenvalue weighted by atomic mass is 32.2. The van der Waals surface area contributed by atoms with Crippen LogP contribution in [-0.4, -0.2) is 61.3 Å². The van der Waals surface area contributed by atoms with Gasteiger partial charge in [0.1, 0.15) is 0 Å². The summed E-state index contributed by atoms with van der Waals surface area (Å²) < 4.78 is 5.68. The third-order valence-corrected chi connectivity index (χ3v) is 4.29. The van der Waals surface area contributed by atoms with Gasteiger partial charge in [0.05, 0.1) is 12.7 Å². The van der Waals surface area contributed by atoms with Crippen LogP contribution in [0.25, 0.3) is 0 Å². The number of ether oxygens (including phenoxy) is 1. The normalized spacial score (nSPS) is 34.2. The van der Waals surface area contributed by atoms with Crippen molar-refractivity contribution in [1.29, 1.82) is 0 Å². The van der Waals surface area contributed by atoms with Crippen LogP contribution in [0.3, 0.4) is 0 Å². The summed E-state index contributed by atoms with van der Waals surface area (Å²) in [5.74, 6) is 2.55. The molecule has 0 aromatic heterocycles. The zero-order chi connectivity index (χ0) is 10.5. The maximum Gasteiger partial charge on any atom is 0.0700 e. The highest BCUT2D eigenvalue weighted by Crippen LogP contribution is 2.12. The zero-order valence-electron chi connectivity index (χ0n) is 9.58. The summed E-state index contributed by atoms with van der Waals surface area (Å²) in [5.41, 5.74) is 0. The lowest BCUT2D eigenvalue weighted by atomic mass is 10.2. The van der Waals surface area contributed by atoms with Gasteiger partial charge in [-0.25, -0.2) is 0 Å². The number of hydrogen-bond acceptors (Lipinski definition) is 4. The third-order valence-electron chi connectivity index (χ3n) is 3.16. The van der Waals surface area contributed by atoms with Crippen molar-refractivity contribution in [2.45, 2.75) is 25.5 Å². The minimum atomic E-state index is 0.468. The van der Waals surface area contributed by atoms with Crippen molar-refractivity contribution >= 4 is 11.8 Å². The summed E-state index contributed by atoms with van der Waals surface area (Å²) in [6.45, 7) is 7.74.